The van der Waals surface area contributed by atoms with Crippen molar-refractivity contribution in [3.8, 4) is 0 Å². The number of carboxylic acid groups (broad SMARTS) is 1. The summed E-state index contributed by atoms with van der Waals surface area (Å²) < 4.78 is 0. The predicted molar refractivity (Wildman–Crippen MR) is 76.5 cm³/mol. The molecule has 1 aromatic heterocycles. The van der Waals surface area contributed by atoms with E-state index >= 15 is 0 Å². The number of amides is 2. The van der Waals surface area contributed by atoms with Gasteiger partial charge in [0.15, 0.2) is 0 Å². The molecule has 0 aromatic carbocycles. The number of thiophene rings is 1. The van der Waals surface area contributed by atoms with Crippen molar-refractivity contribution >= 4 is 28.3 Å². The number of rotatable bonds is 5. The summed E-state index contributed by atoms with van der Waals surface area (Å²) in [6.45, 7) is 3.71. The molecule has 1 heterocycles. The van der Waals surface area contributed by atoms with Crippen LogP contribution in [0.1, 0.15) is 33.6 Å². The number of carbonyl (C=O) groups is 2. The average molecular weight is 298 g/mol. The minimum absolute atomic E-state index is 0.130. The first-order valence-corrected chi connectivity index (χ1v) is 7.28. The third-order valence-electron chi connectivity index (χ3n) is 3.46. The van der Waals surface area contributed by atoms with E-state index in [4.69, 9.17) is 5.11 Å². The van der Waals surface area contributed by atoms with Crippen LogP contribution in [0.3, 0.4) is 0 Å². The van der Waals surface area contributed by atoms with E-state index in [1.54, 1.807) is 6.92 Å². The Balaban J connectivity index is 1.96. The number of anilines is 1. The Kier molecular flexibility index (Phi) is 4.29. The van der Waals surface area contributed by atoms with Crippen LogP contribution in [-0.4, -0.2) is 34.9 Å². The fraction of sp³-hybridized carbons (Fsp3) is 0.538. The second kappa shape index (κ2) is 5.80. The van der Waals surface area contributed by atoms with Crippen molar-refractivity contribution in [2.75, 3.05) is 11.9 Å². The number of nitrogens with one attached hydrogen (secondary N) is 2. The number of aliphatic hydroxyl groups excluding tert-OH is 1. The van der Waals surface area contributed by atoms with Gasteiger partial charge in [-0.25, -0.2) is 9.59 Å². The highest BCUT2D eigenvalue weighted by atomic mass is 32.1. The zero-order valence-electron chi connectivity index (χ0n) is 11.4. The molecule has 1 aliphatic rings. The van der Waals surface area contributed by atoms with Crippen molar-refractivity contribution in [3.05, 3.63) is 16.0 Å². The molecule has 1 saturated carbocycles. The zero-order chi connectivity index (χ0) is 14.9. The molecular formula is C13H18N2O4S. The van der Waals surface area contributed by atoms with Crippen molar-refractivity contribution < 1.29 is 19.8 Å². The van der Waals surface area contributed by atoms with Gasteiger partial charge in [-0.05, 0) is 38.2 Å². The maximum Gasteiger partial charge on any atom is 0.338 e. The Hall–Kier alpha value is -1.60. The summed E-state index contributed by atoms with van der Waals surface area (Å²) in [7, 11) is 0. The van der Waals surface area contributed by atoms with Gasteiger partial charge in [-0.3, -0.25) is 5.32 Å². The van der Waals surface area contributed by atoms with E-state index in [1.807, 2.05) is 6.92 Å². The van der Waals surface area contributed by atoms with Gasteiger partial charge in [0, 0.05) is 11.4 Å². The Morgan fingerprint density at radius 1 is 1.40 bits per heavy atom. The number of aromatic carboxylic acids is 1. The van der Waals surface area contributed by atoms with Gasteiger partial charge in [0.1, 0.15) is 5.00 Å². The number of hydrogen-bond donors (Lipinski definition) is 4. The second-order valence-electron chi connectivity index (χ2n) is 5.03. The van der Waals surface area contributed by atoms with E-state index in [9.17, 15) is 14.7 Å². The van der Waals surface area contributed by atoms with Crippen LogP contribution in [0.2, 0.25) is 0 Å². The van der Waals surface area contributed by atoms with Gasteiger partial charge in [-0.2, -0.15) is 0 Å². The minimum atomic E-state index is -1.06. The number of carbonyl (C=O) groups excluding carboxylic acids is 1. The number of urea groups is 1. The first kappa shape index (κ1) is 14.8. The maximum absolute atomic E-state index is 11.7. The van der Waals surface area contributed by atoms with Gasteiger partial charge in [0.2, 0.25) is 0 Å². The Bertz CT molecular complexity index is 537. The molecule has 0 spiro atoms. The molecule has 0 saturated heterocycles. The number of hydrogen-bond acceptors (Lipinski definition) is 4. The van der Waals surface area contributed by atoms with Crippen LogP contribution >= 0.6 is 11.3 Å². The standard InChI is InChI=1S/C13H18N2O4S/c1-6-7(2)20-11(10(6)12(17)18)15-13(19)14-5-9(16)8-3-4-8/h8-9,16H,3-5H2,1-2H3,(H,17,18)(H2,14,15,19). The van der Waals surface area contributed by atoms with Crippen molar-refractivity contribution in [3.63, 3.8) is 0 Å². The smallest absolute Gasteiger partial charge is 0.338 e. The lowest BCUT2D eigenvalue weighted by atomic mass is 10.1. The van der Waals surface area contributed by atoms with E-state index < -0.39 is 18.1 Å². The van der Waals surface area contributed by atoms with E-state index in [1.165, 1.54) is 11.3 Å². The van der Waals surface area contributed by atoms with Gasteiger partial charge < -0.3 is 15.5 Å². The van der Waals surface area contributed by atoms with Gasteiger partial charge in [0.05, 0.1) is 11.7 Å². The molecule has 6 nitrogen and oxygen atoms in total. The molecule has 1 aliphatic carbocycles. The molecule has 20 heavy (non-hydrogen) atoms. The lowest BCUT2D eigenvalue weighted by Gasteiger charge is -2.11. The van der Waals surface area contributed by atoms with Crippen molar-refractivity contribution in [1.29, 1.82) is 0 Å². The molecule has 1 aromatic rings. The van der Waals surface area contributed by atoms with Crippen molar-refractivity contribution in [2.24, 2.45) is 5.92 Å². The molecule has 110 valence electrons. The average Bonchev–Trinajstić information content (AvgIpc) is 3.15. The van der Waals surface area contributed by atoms with Gasteiger partial charge in [0.25, 0.3) is 0 Å². The van der Waals surface area contributed by atoms with E-state index in [0.717, 1.165) is 17.7 Å². The van der Waals surface area contributed by atoms with Crippen LogP contribution in [0.15, 0.2) is 0 Å². The Labute approximate surface area is 120 Å². The molecule has 0 radical (unpaired) electrons. The molecule has 0 aliphatic heterocycles. The Morgan fingerprint density at radius 3 is 2.60 bits per heavy atom. The third-order valence-corrected chi connectivity index (χ3v) is 4.59. The summed E-state index contributed by atoms with van der Waals surface area (Å²) in [6, 6.07) is -0.492. The molecule has 0 bridgehead atoms. The van der Waals surface area contributed by atoms with Crippen molar-refractivity contribution in [1.82, 2.24) is 5.32 Å². The molecule has 2 amide bonds. The van der Waals surface area contributed by atoms with Crippen LogP contribution < -0.4 is 10.6 Å². The summed E-state index contributed by atoms with van der Waals surface area (Å²) in [5.74, 6) is -0.767. The molecule has 1 atom stereocenters. The van der Waals surface area contributed by atoms with Crippen LogP contribution in [0, 0.1) is 19.8 Å². The summed E-state index contributed by atoms with van der Waals surface area (Å²) in [5.41, 5.74) is 0.793. The predicted octanol–water partition coefficient (Wildman–Crippen LogP) is 1.96. The van der Waals surface area contributed by atoms with Crippen LogP contribution in [0.4, 0.5) is 9.80 Å². The first-order valence-electron chi connectivity index (χ1n) is 6.46. The molecular weight excluding hydrogens is 280 g/mol. The first-order chi connectivity index (χ1) is 9.40. The maximum atomic E-state index is 11.7. The fourth-order valence-corrected chi connectivity index (χ4v) is 3.01. The molecule has 4 N–H and O–H groups in total. The van der Waals surface area contributed by atoms with E-state index in [2.05, 4.69) is 10.6 Å². The van der Waals surface area contributed by atoms with Crippen LogP contribution in [0.25, 0.3) is 0 Å². The zero-order valence-corrected chi connectivity index (χ0v) is 12.2. The largest absolute Gasteiger partial charge is 0.478 e. The molecule has 1 unspecified atom stereocenters. The summed E-state index contributed by atoms with van der Waals surface area (Å²) >= 11 is 1.24. The van der Waals surface area contributed by atoms with Crippen LogP contribution in [0.5, 0.6) is 0 Å². The topological polar surface area (TPSA) is 98.7 Å². The molecule has 1 fully saturated rings. The van der Waals surface area contributed by atoms with Crippen LogP contribution in [-0.2, 0) is 0 Å². The fourth-order valence-electron chi connectivity index (χ4n) is 1.96. The molecule has 2 rings (SSSR count). The van der Waals surface area contributed by atoms with E-state index in [-0.39, 0.29) is 18.0 Å². The Morgan fingerprint density at radius 2 is 2.05 bits per heavy atom. The van der Waals surface area contributed by atoms with Gasteiger partial charge in [-0.1, -0.05) is 0 Å². The monoisotopic (exact) mass is 298 g/mol. The second-order valence-corrected chi connectivity index (χ2v) is 6.26. The van der Waals surface area contributed by atoms with Crippen molar-refractivity contribution in [2.45, 2.75) is 32.8 Å². The summed E-state index contributed by atoms with van der Waals surface area (Å²) in [6.07, 6.45) is 1.47. The highest BCUT2D eigenvalue weighted by Crippen LogP contribution is 2.33. The van der Waals surface area contributed by atoms with Gasteiger partial charge >= 0.3 is 12.0 Å². The number of aliphatic hydroxyl groups is 1. The molecule has 7 heteroatoms. The summed E-state index contributed by atoms with van der Waals surface area (Å²) in [5, 5.41) is 24.3. The number of carboxylic acids is 1. The SMILES string of the molecule is Cc1sc(NC(=O)NCC(O)C2CC2)c(C(=O)O)c1C. The lowest BCUT2D eigenvalue weighted by molar-refractivity contribution is 0.0697. The van der Waals surface area contributed by atoms with E-state index in [0.29, 0.717) is 10.6 Å². The normalized spacial score (nSPS) is 15.8. The highest BCUT2D eigenvalue weighted by Gasteiger charge is 2.29. The highest BCUT2D eigenvalue weighted by molar-refractivity contribution is 7.16. The number of aryl methyl sites for hydroxylation is 1. The lowest BCUT2D eigenvalue weighted by Crippen LogP contribution is -2.36. The summed E-state index contributed by atoms with van der Waals surface area (Å²) in [4.78, 5) is 23.8. The third kappa shape index (κ3) is 3.29. The minimum Gasteiger partial charge on any atom is -0.478 e. The van der Waals surface area contributed by atoms with Gasteiger partial charge in [-0.15, -0.1) is 11.3 Å². The quantitative estimate of drug-likeness (QED) is 0.667.